The normalized spacial score (nSPS) is 25.6. The number of thioether (sulfide) groups is 1. The lowest BCUT2D eigenvalue weighted by molar-refractivity contribution is -0.119. The van der Waals surface area contributed by atoms with Crippen molar-refractivity contribution in [1.29, 1.82) is 0 Å². The third-order valence-electron chi connectivity index (χ3n) is 4.74. The molecule has 0 heterocycles. The molecule has 0 spiro atoms. The van der Waals surface area contributed by atoms with Crippen molar-refractivity contribution in [2.24, 2.45) is 11.8 Å². The van der Waals surface area contributed by atoms with Crippen LogP contribution in [0.25, 0.3) is 0 Å². The summed E-state index contributed by atoms with van der Waals surface area (Å²) in [5, 5.41) is 3.24. The summed E-state index contributed by atoms with van der Waals surface area (Å²) in [6.45, 7) is 8.78. The Morgan fingerprint density at radius 2 is 2.05 bits per heavy atom. The van der Waals surface area contributed by atoms with Gasteiger partial charge in [-0.1, -0.05) is 44.4 Å². The number of hydrogen-bond acceptors (Lipinski definition) is 2. The first-order valence-electron chi connectivity index (χ1n) is 7.97. The van der Waals surface area contributed by atoms with Crippen LogP contribution in [-0.2, 0) is 4.79 Å². The summed E-state index contributed by atoms with van der Waals surface area (Å²) in [5.74, 6) is 2.00. The van der Waals surface area contributed by atoms with Crippen LogP contribution in [-0.4, -0.2) is 17.7 Å². The molecule has 1 aliphatic rings. The molecule has 2 rings (SSSR count). The van der Waals surface area contributed by atoms with Crippen molar-refractivity contribution in [3.63, 3.8) is 0 Å². The SMILES string of the molecule is Cc1ccc(SCC(=O)NC2CCCC(C)C2C)c(C)c1. The largest absolute Gasteiger partial charge is 0.352 e. The number of hydrogen-bond donors (Lipinski definition) is 1. The van der Waals surface area contributed by atoms with Crippen molar-refractivity contribution in [2.75, 3.05) is 5.75 Å². The molecule has 1 amide bonds. The number of rotatable bonds is 4. The van der Waals surface area contributed by atoms with Crippen LogP contribution < -0.4 is 5.32 Å². The van der Waals surface area contributed by atoms with Crippen LogP contribution in [0.2, 0.25) is 0 Å². The van der Waals surface area contributed by atoms with Crippen molar-refractivity contribution in [3.05, 3.63) is 29.3 Å². The summed E-state index contributed by atoms with van der Waals surface area (Å²) in [7, 11) is 0. The van der Waals surface area contributed by atoms with E-state index in [0.29, 0.717) is 17.7 Å². The minimum atomic E-state index is 0.172. The average Bonchev–Trinajstić information content (AvgIpc) is 2.43. The van der Waals surface area contributed by atoms with Gasteiger partial charge in [-0.2, -0.15) is 0 Å². The molecule has 1 aromatic carbocycles. The van der Waals surface area contributed by atoms with E-state index in [1.54, 1.807) is 11.8 Å². The first-order valence-corrected chi connectivity index (χ1v) is 8.95. The zero-order valence-electron chi connectivity index (χ0n) is 13.6. The molecular formula is C18H27NOS. The predicted octanol–water partition coefficient (Wildman–Crippen LogP) is 4.34. The number of amides is 1. The number of carbonyl (C=O) groups is 1. The van der Waals surface area contributed by atoms with Gasteiger partial charge >= 0.3 is 0 Å². The maximum Gasteiger partial charge on any atom is 0.230 e. The Labute approximate surface area is 133 Å². The second kappa shape index (κ2) is 7.35. The molecule has 1 saturated carbocycles. The molecule has 3 unspecified atom stereocenters. The predicted molar refractivity (Wildman–Crippen MR) is 90.7 cm³/mol. The molecule has 1 fully saturated rings. The topological polar surface area (TPSA) is 29.1 Å². The van der Waals surface area contributed by atoms with Crippen LogP contribution in [0.1, 0.15) is 44.2 Å². The highest BCUT2D eigenvalue weighted by molar-refractivity contribution is 8.00. The van der Waals surface area contributed by atoms with Gasteiger partial charge in [-0.3, -0.25) is 4.79 Å². The fourth-order valence-electron chi connectivity index (χ4n) is 3.14. The maximum absolute atomic E-state index is 12.2. The zero-order valence-corrected chi connectivity index (χ0v) is 14.4. The van der Waals surface area contributed by atoms with Gasteiger partial charge in [-0.05, 0) is 43.7 Å². The highest BCUT2D eigenvalue weighted by Crippen LogP contribution is 2.29. The van der Waals surface area contributed by atoms with Gasteiger partial charge in [0.1, 0.15) is 0 Å². The fraction of sp³-hybridized carbons (Fsp3) is 0.611. The molecule has 0 radical (unpaired) electrons. The average molecular weight is 305 g/mol. The van der Waals surface area contributed by atoms with E-state index in [4.69, 9.17) is 0 Å². The van der Waals surface area contributed by atoms with Gasteiger partial charge in [-0.25, -0.2) is 0 Å². The molecule has 116 valence electrons. The van der Waals surface area contributed by atoms with Crippen LogP contribution >= 0.6 is 11.8 Å². The molecule has 3 atom stereocenters. The maximum atomic E-state index is 12.2. The summed E-state index contributed by atoms with van der Waals surface area (Å²) >= 11 is 1.64. The van der Waals surface area contributed by atoms with Crippen molar-refractivity contribution in [1.82, 2.24) is 5.32 Å². The zero-order chi connectivity index (χ0) is 15.4. The standard InChI is InChI=1S/C18H27NOS/c1-12-8-9-17(14(3)10-12)21-11-18(20)19-16-7-5-6-13(2)15(16)4/h8-10,13,15-16H,5-7,11H2,1-4H3,(H,19,20). The monoisotopic (exact) mass is 305 g/mol. The van der Waals surface area contributed by atoms with Gasteiger partial charge in [0.2, 0.25) is 5.91 Å². The second-order valence-corrected chi connectivity index (χ2v) is 7.52. The summed E-state index contributed by atoms with van der Waals surface area (Å²) in [5.41, 5.74) is 2.53. The van der Waals surface area contributed by atoms with E-state index in [0.717, 1.165) is 12.3 Å². The van der Waals surface area contributed by atoms with E-state index in [9.17, 15) is 4.79 Å². The quantitative estimate of drug-likeness (QED) is 0.839. The van der Waals surface area contributed by atoms with Gasteiger partial charge in [-0.15, -0.1) is 11.8 Å². The van der Waals surface area contributed by atoms with E-state index in [1.807, 2.05) is 0 Å². The molecule has 0 aromatic heterocycles. The highest BCUT2D eigenvalue weighted by Gasteiger charge is 2.27. The molecule has 1 aliphatic carbocycles. The molecule has 1 N–H and O–H groups in total. The first-order chi connectivity index (χ1) is 9.97. The Morgan fingerprint density at radius 1 is 1.29 bits per heavy atom. The molecular weight excluding hydrogens is 278 g/mol. The highest BCUT2D eigenvalue weighted by atomic mass is 32.2. The van der Waals surface area contributed by atoms with E-state index in [-0.39, 0.29) is 5.91 Å². The van der Waals surface area contributed by atoms with Crippen LogP contribution in [0.4, 0.5) is 0 Å². The van der Waals surface area contributed by atoms with Crippen LogP contribution in [0.3, 0.4) is 0 Å². The van der Waals surface area contributed by atoms with E-state index < -0.39 is 0 Å². The van der Waals surface area contributed by atoms with Crippen LogP contribution in [0, 0.1) is 25.7 Å². The lowest BCUT2D eigenvalue weighted by Crippen LogP contribution is -2.44. The van der Waals surface area contributed by atoms with Crippen molar-refractivity contribution in [3.8, 4) is 0 Å². The first kappa shape index (κ1) is 16.4. The lowest BCUT2D eigenvalue weighted by atomic mass is 9.78. The van der Waals surface area contributed by atoms with Crippen molar-refractivity contribution < 1.29 is 4.79 Å². The van der Waals surface area contributed by atoms with Gasteiger partial charge < -0.3 is 5.32 Å². The number of benzene rings is 1. The minimum absolute atomic E-state index is 0.172. The molecule has 3 heteroatoms. The van der Waals surface area contributed by atoms with E-state index in [2.05, 4.69) is 51.2 Å². The van der Waals surface area contributed by atoms with Crippen molar-refractivity contribution in [2.45, 2.75) is 57.9 Å². The van der Waals surface area contributed by atoms with Crippen LogP contribution in [0.5, 0.6) is 0 Å². The Hall–Kier alpha value is -0.960. The van der Waals surface area contributed by atoms with E-state index >= 15 is 0 Å². The minimum Gasteiger partial charge on any atom is -0.352 e. The van der Waals surface area contributed by atoms with Gasteiger partial charge in [0.05, 0.1) is 5.75 Å². The molecule has 0 bridgehead atoms. The van der Waals surface area contributed by atoms with Crippen LogP contribution in [0.15, 0.2) is 23.1 Å². The number of aryl methyl sites for hydroxylation is 2. The smallest absolute Gasteiger partial charge is 0.230 e. The summed E-state index contributed by atoms with van der Waals surface area (Å²) in [6.07, 6.45) is 3.66. The molecule has 0 aliphatic heterocycles. The Bertz CT molecular complexity index is 500. The summed E-state index contributed by atoms with van der Waals surface area (Å²) in [6, 6.07) is 6.76. The number of nitrogens with one attached hydrogen (secondary N) is 1. The Balaban J connectivity index is 1.84. The Morgan fingerprint density at radius 3 is 2.76 bits per heavy atom. The fourth-order valence-corrected chi connectivity index (χ4v) is 3.96. The third kappa shape index (κ3) is 4.50. The van der Waals surface area contributed by atoms with Gasteiger partial charge in [0, 0.05) is 10.9 Å². The van der Waals surface area contributed by atoms with Gasteiger partial charge in [0.15, 0.2) is 0 Å². The number of carbonyl (C=O) groups excluding carboxylic acids is 1. The molecule has 0 saturated heterocycles. The van der Waals surface area contributed by atoms with Gasteiger partial charge in [0.25, 0.3) is 0 Å². The molecule has 2 nitrogen and oxygen atoms in total. The lowest BCUT2D eigenvalue weighted by Gasteiger charge is -2.34. The third-order valence-corrected chi connectivity index (χ3v) is 5.92. The Kier molecular flexibility index (Phi) is 5.74. The summed E-state index contributed by atoms with van der Waals surface area (Å²) < 4.78 is 0. The van der Waals surface area contributed by atoms with Crippen molar-refractivity contribution >= 4 is 17.7 Å². The van der Waals surface area contributed by atoms with E-state index in [1.165, 1.54) is 28.9 Å². The second-order valence-electron chi connectivity index (χ2n) is 6.50. The molecule has 21 heavy (non-hydrogen) atoms. The molecule has 1 aromatic rings. The summed E-state index contributed by atoms with van der Waals surface area (Å²) in [4.78, 5) is 13.4.